The SMILES string of the molecule is CCCNC1CCC(S(=O)CC(=O)NCC)C1C. The average Bonchev–Trinajstić information content (AvgIpc) is 2.68. The zero-order chi connectivity index (χ0) is 13.5. The van der Waals surface area contributed by atoms with Crippen molar-refractivity contribution in [2.75, 3.05) is 18.8 Å². The second-order valence-corrected chi connectivity index (χ2v) is 6.67. The monoisotopic (exact) mass is 274 g/mol. The third-order valence-electron chi connectivity index (χ3n) is 3.62. The zero-order valence-corrected chi connectivity index (χ0v) is 12.5. The number of carbonyl (C=O) groups is 1. The molecule has 1 rings (SSSR count). The van der Waals surface area contributed by atoms with Crippen LogP contribution >= 0.6 is 0 Å². The van der Waals surface area contributed by atoms with Crippen LogP contribution < -0.4 is 10.6 Å². The van der Waals surface area contributed by atoms with E-state index in [9.17, 15) is 9.00 Å². The standard InChI is InChI=1S/C13H26N2O2S/c1-4-8-15-11-6-7-12(10(11)3)18(17)9-13(16)14-5-2/h10-12,15H,4-9H2,1-3H3,(H,14,16). The van der Waals surface area contributed by atoms with Gasteiger partial charge in [0, 0.05) is 28.6 Å². The lowest BCUT2D eigenvalue weighted by atomic mass is 10.1. The van der Waals surface area contributed by atoms with Crippen LogP contribution in [0.4, 0.5) is 0 Å². The van der Waals surface area contributed by atoms with E-state index in [0.29, 0.717) is 18.5 Å². The van der Waals surface area contributed by atoms with Crippen molar-refractivity contribution in [2.45, 2.75) is 51.3 Å². The van der Waals surface area contributed by atoms with Crippen LogP contribution in [0.3, 0.4) is 0 Å². The molecule has 106 valence electrons. The minimum Gasteiger partial charge on any atom is -0.356 e. The smallest absolute Gasteiger partial charge is 0.232 e. The molecule has 0 radical (unpaired) electrons. The van der Waals surface area contributed by atoms with Crippen LogP contribution in [0.25, 0.3) is 0 Å². The van der Waals surface area contributed by atoms with Crippen molar-refractivity contribution in [3.05, 3.63) is 0 Å². The van der Waals surface area contributed by atoms with Gasteiger partial charge in [0.15, 0.2) is 0 Å². The van der Waals surface area contributed by atoms with Gasteiger partial charge < -0.3 is 10.6 Å². The van der Waals surface area contributed by atoms with Gasteiger partial charge in [0.25, 0.3) is 0 Å². The van der Waals surface area contributed by atoms with Crippen molar-refractivity contribution in [1.82, 2.24) is 10.6 Å². The fraction of sp³-hybridized carbons (Fsp3) is 0.923. The molecule has 0 spiro atoms. The molecule has 5 heteroatoms. The Bertz CT molecular complexity index is 297. The van der Waals surface area contributed by atoms with Gasteiger partial charge in [-0.2, -0.15) is 0 Å². The molecular weight excluding hydrogens is 248 g/mol. The van der Waals surface area contributed by atoms with Crippen LogP contribution in [0.15, 0.2) is 0 Å². The van der Waals surface area contributed by atoms with Crippen LogP contribution in [0.2, 0.25) is 0 Å². The third-order valence-corrected chi connectivity index (χ3v) is 5.51. The molecule has 1 aliphatic carbocycles. The second-order valence-electron chi connectivity index (χ2n) is 5.01. The average molecular weight is 274 g/mol. The van der Waals surface area contributed by atoms with E-state index in [1.165, 1.54) is 0 Å². The first-order valence-corrected chi connectivity index (χ1v) is 8.35. The Morgan fingerprint density at radius 2 is 2.06 bits per heavy atom. The molecule has 4 unspecified atom stereocenters. The summed E-state index contributed by atoms with van der Waals surface area (Å²) in [4.78, 5) is 11.5. The van der Waals surface area contributed by atoms with Gasteiger partial charge >= 0.3 is 0 Å². The number of rotatable bonds is 7. The van der Waals surface area contributed by atoms with E-state index in [4.69, 9.17) is 0 Å². The molecule has 0 saturated heterocycles. The van der Waals surface area contributed by atoms with Crippen molar-refractivity contribution in [1.29, 1.82) is 0 Å². The summed E-state index contributed by atoms with van der Waals surface area (Å²) in [6.45, 7) is 7.81. The van der Waals surface area contributed by atoms with E-state index in [0.717, 1.165) is 25.8 Å². The molecule has 1 amide bonds. The molecule has 0 aromatic heterocycles. The number of nitrogens with one attached hydrogen (secondary N) is 2. The summed E-state index contributed by atoms with van der Waals surface area (Å²) in [6.07, 6.45) is 3.16. The topological polar surface area (TPSA) is 58.2 Å². The van der Waals surface area contributed by atoms with Gasteiger partial charge in [0.2, 0.25) is 5.91 Å². The van der Waals surface area contributed by atoms with Crippen molar-refractivity contribution in [3.63, 3.8) is 0 Å². The number of carbonyl (C=O) groups excluding carboxylic acids is 1. The summed E-state index contributed by atoms with van der Waals surface area (Å²) in [5, 5.41) is 6.39. The highest BCUT2D eigenvalue weighted by Crippen LogP contribution is 2.30. The Kier molecular flexibility index (Phi) is 6.86. The van der Waals surface area contributed by atoms with E-state index in [2.05, 4.69) is 24.5 Å². The van der Waals surface area contributed by atoms with Crippen molar-refractivity contribution in [3.8, 4) is 0 Å². The molecule has 18 heavy (non-hydrogen) atoms. The van der Waals surface area contributed by atoms with E-state index in [1.807, 2.05) is 6.92 Å². The molecule has 1 saturated carbocycles. The summed E-state index contributed by atoms with van der Waals surface area (Å²) < 4.78 is 12.2. The Morgan fingerprint density at radius 1 is 1.33 bits per heavy atom. The minimum atomic E-state index is -1.04. The summed E-state index contributed by atoms with van der Waals surface area (Å²) in [5.74, 6) is 0.461. The highest BCUT2D eigenvalue weighted by Gasteiger charge is 2.36. The molecule has 0 aromatic rings. The first-order chi connectivity index (χ1) is 8.60. The first-order valence-electron chi connectivity index (χ1n) is 6.97. The van der Waals surface area contributed by atoms with Crippen LogP contribution in [-0.2, 0) is 15.6 Å². The largest absolute Gasteiger partial charge is 0.356 e. The Hall–Kier alpha value is -0.420. The van der Waals surface area contributed by atoms with Crippen LogP contribution in [0, 0.1) is 5.92 Å². The van der Waals surface area contributed by atoms with E-state index in [-0.39, 0.29) is 16.9 Å². The molecule has 0 heterocycles. The van der Waals surface area contributed by atoms with Gasteiger partial charge in [-0.25, -0.2) is 0 Å². The lowest BCUT2D eigenvalue weighted by molar-refractivity contribution is -0.118. The fourth-order valence-electron chi connectivity index (χ4n) is 2.60. The normalized spacial score (nSPS) is 29.2. The maximum atomic E-state index is 12.2. The predicted octanol–water partition coefficient (Wildman–Crippen LogP) is 1.04. The van der Waals surface area contributed by atoms with Gasteiger partial charge in [-0.15, -0.1) is 0 Å². The lowest BCUT2D eigenvalue weighted by Gasteiger charge is -2.21. The zero-order valence-electron chi connectivity index (χ0n) is 11.7. The molecule has 4 atom stereocenters. The van der Waals surface area contributed by atoms with Gasteiger partial charge in [0.05, 0.1) is 0 Å². The van der Waals surface area contributed by atoms with Crippen LogP contribution in [0.5, 0.6) is 0 Å². The minimum absolute atomic E-state index is 0.0898. The van der Waals surface area contributed by atoms with Crippen LogP contribution in [0.1, 0.15) is 40.0 Å². The van der Waals surface area contributed by atoms with Gasteiger partial charge in [-0.3, -0.25) is 9.00 Å². The molecular formula is C13H26N2O2S. The quantitative estimate of drug-likeness (QED) is 0.729. The lowest BCUT2D eigenvalue weighted by Crippen LogP contribution is -2.37. The molecule has 1 aliphatic rings. The highest BCUT2D eigenvalue weighted by atomic mass is 32.2. The maximum Gasteiger partial charge on any atom is 0.232 e. The Balaban J connectivity index is 2.43. The van der Waals surface area contributed by atoms with Crippen LogP contribution in [-0.4, -0.2) is 40.3 Å². The van der Waals surface area contributed by atoms with Gasteiger partial charge in [-0.05, 0) is 38.6 Å². The maximum absolute atomic E-state index is 12.2. The molecule has 2 N–H and O–H groups in total. The van der Waals surface area contributed by atoms with Crippen molar-refractivity contribution >= 4 is 16.7 Å². The Morgan fingerprint density at radius 3 is 2.67 bits per heavy atom. The van der Waals surface area contributed by atoms with Gasteiger partial charge in [-0.1, -0.05) is 13.8 Å². The van der Waals surface area contributed by atoms with E-state index < -0.39 is 10.8 Å². The molecule has 0 bridgehead atoms. The molecule has 0 aliphatic heterocycles. The second kappa shape index (κ2) is 7.89. The fourth-order valence-corrected chi connectivity index (χ4v) is 4.24. The summed E-state index contributed by atoms with van der Waals surface area (Å²) >= 11 is 0. The van der Waals surface area contributed by atoms with Crippen molar-refractivity contribution in [2.24, 2.45) is 5.92 Å². The summed E-state index contributed by atoms with van der Waals surface area (Å²) in [5.41, 5.74) is 0. The molecule has 0 aromatic carbocycles. The van der Waals surface area contributed by atoms with E-state index >= 15 is 0 Å². The Labute approximate surface area is 113 Å². The number of amides is 1. The first kappa shape index (κ1) is 15.6. The third kappa shape index (κ3) is 4.35. The predicted molar refractivity (Wildman–Crippen MR) is 76.0 cm³/mol. The van der Waals surface area contributed by atoms with Gasteiger partial charge in [0.1, 0.15) is 5.75 Å². The molecule has 1 fully saturated rings. The van der Waals surface area contributed by atoms with E-state index in [1.54, 1.807) is 0 Å². The summed E-state index contributed by atoms with van der Waals surface area (Å²) in [7, 11) is -1.04. The number of hydrogen-bond donors (Lipinski definition) is 2. The number of hydrogen-bond acceptors (Lipinski definition) is 3. The van der Waals surface area contributed by atoms with Crippen molar-refractivity contribution < 1.29 is 9.00 Å². The highest BCUT2D eigenvalue weighted by molar-refractivity contribution is 7.86. The summed E-state index contributed by atoms with van der Waals surface area (Å²) in [6, 6.07) is 0.466. The molecule has 4 nitrogen and oxygen atoms in total.